The van der Waals surface area contributed by atoms with Gasteiger partial charge in [0.05, 0.1) is 17.7 Å². The zero-order chi connectivity index (χ0) is 15.2. The van der Waals surface area contributed by atoms with Crippen LogP contribution in [0.3, 0.4) is 0 Å². The van der Waals surface area contributed by atoms with Crippen molar-refractivity contribution < 1.29 is 19.1 Å². The van der Waals surface area contributed by atoms with Crippen molar-refractivity contribution in [2.45, 2.75) is 31.9 Å². The summed E-state index contributed by atoms with van der Waals surface area (Å²) in [5, 5.41) is 2.91. The Morgan fingerprint density at radius 3 is 2.90 bits per heavy atom. The maximum Gasteiger partial charge on any atom is 0.255 e. The molecule has 6 heteroatoms. The molecule has 0 aliphatic carbocycles. The van der Waals surface area contributed by atoms with Gasteiger partial charge in [0.25, 0.3) is 11.8 Å². The molecule has 114 valence electrons. The van der Waals surface area contributed by atoms with Crippen molar-refractivity contribution in [2.75, 3.05) is 13.2 Å². The van der Waals surface area contributed by atoms with Crippen LogP contribution >= 0.6 is 0 Å². The van der Waals surface area contributed by atoms with Crippen LogP contribution in [0.1, 0.15) is 30.1 Å². The number of ether oxygens (including phenoxy) is 2. The topological polar surface area (TPSA) is 90.6 Å². The first-order valence-corrected chi connectivity index (χ1v) is 7.00. The van der Waals surface area contributed by atoms with Gasteiger partial charge >= 0.3 is 0 Å². The molecule has 0 radical (unpaired) electrons. The van der Waals surface area contributed by atoms with Crippen LogP contribution in [0, 0.1) is 0 Å². The lowest BCUT2D eigenvalue weighted by atomic mass is 10.1. The first-order valence-electron chi connectivity index (χ1n) is 7.00. The van der Waals surface area contributed by atoms with Gasteiger partial charge in [-0.1, -0.05) is 12.1 Å². The Bertz CT molecular complexity index is 512. The summed E-state index contributed by atoms with van der Waals surface area (Å²) in [6.07, 6.45) is 2.01. The fraction of sp³-hybridized carbons (Fsp3) is 0.467. The van der Waals surface area contributed by atoms with Gasteiger partial charge in [0, 0.05) is 6.61 Å². The predicted molar refractivity (Wildman–Crippen MR) is 77.0 cm³/mol. The number of nitrogens with one attached hydrogen (secondary N) is 1. The van der Waals surface area contributed by atoms with E-state index in [1.54, 1.807) is 24.3 Å². The van der Waals surface area contributed by atoms with E-state index in [0.717, 1.165) is 19.4 Å². The van der Waals surface area contributed by atoms with Crippen molar-refractivity contribution in [1.82, 2.24) is 5.32 Å². The average molecular weight is 292 g/mol. The molecule has 1 aromatic carbocycles. The highest BCUT2D eigenvalue weighted by atomic mass is 16.5. The van der Waals surface area contributed by atoms with Crippen LogP contribution in [0.5, 0.6) is 5.75 Å². The standard InChI is InChI=1S/C15H20N2O4/c1-10(12-7-4-8-20-12)17-15(19)11-5-2-3-6-13(11)21-9-14(16)18/h2-3,5-6,10,12H,4,7-9H2,1H3,(H2,16,18)(H,17,19). The lowest BCUT2D eigenvalue weighted by Crippen LogP contribution is -2.41. The molecular weight excluding hydrogens is 272 g/mol. The van der Waals surface area contributed by atoms with Crippen molar-refractivity contribution in [1.29, 1.82) is 0 Å². The van der Waals surface area contributed by atoms with Gasteiger partial charge in [0.15, 0.2) is 6.61 Å². The number of hydrogen-bond acceptors (Lipinski definition) is 4. The second-order valence-electron chi connectivity index (χ2n) is 5.06. The molecule has 1 aliphatic heterocycles. The van der Waals surface area contributed by atoms with Gasteiger partial charge < -0.3 is 20.5 Å². The van der Waals surface area contributed by atoms with Gasteiger partial charge in [-0.25, -0.2) is 0 Å². The zero-order valence-electron chi connectivity index (χ0n) is 12.0. The summed E-state index contributed by atoms with van der Waals surface area (Å²) < 4.78 is 10.8. The van der Waals surface area contributed by atoms with Crippen LogP contribution in [-0.2, 0) is 9.53 Å². The normalized spacial score (nSPS) is 19.0. The molecule has 21 heavy (non-hydrogen) atoms. The monoisotopic (exact) mass is 292 g/mol. The van der Waals surface area contributed by atoms with Gasteiger partial charge in [-0.15, -0.1) is 0 Å². The Labute approximate surface area is 123 Å². The highest BCUT2D eigenvalue weighted by Crippen LogP contribution is 2.20. The molecule has 1 saturated heterocycles. The number of nitrogens with two attached hydrogens (primary N) is 1. The van der Waals surface area contributed by atoms with E-state index in [0.29, 0.717) is 11.3 Å². The number of para-hydroxylation sites is 1. The Balaban J connectivity index is 2.02. The molecule has 0 aromatic heterocycles. The minimum Gasteiger partial charge on any atom is -0.483 e. The van der Waals surface area contributed by atoms with Crippen LogP contribution in [-0.4, -0.2) is 37.2 Å². The number of carbonyl (C=O) groups is 2. The maximum atomic E-state index is 12.3. The Kier molecular flexibility index (Phi) is 5.16. The quantitative estimate of drug-likeness (QED) is 0.813. The molecule has 1 aliphatic rings. The van der Waals surface area contributed by atoms with Crippen LogP contribution in [0.4, 0.5) is 0 Å². The van der Waals surface area contributed by atoms with Gasteiger partial charge in [-0.2, -0.15) is 0 Å². The van der Waals surface area contributed by atoms with E-state index in [2.05, 4.69) is 5.32 Å². The first kappa shape index (κ1) is 15.3. The van der Waals surface area contributed by atoms with E-state index in [-0.39, 0.29) is 24.7 Å². The molecule has 6 nitrogen and oxygen atoms in total. The number of rotatable bonds is 6. The summed E-state index contributed by atoms with van der Waals surface area (Å²) in [6, 6.07) is 6.67. The average Bonchev–Trinajstić information content (AvgIpc) is 2.99. The summed E-state index contributed by atoms with van der Waals surface area (Å²) in [4.78, 5) is 23.1. The van der Waals surface area contributed by atoms with Crippen molar-refractivity contribution >= 4 is 11.8 Å². The van der Waals surface area contributed by atoms with Crippen molar-refractivity contribution in [3.05, 3.63) is 29.8 Å². The Morgan fingerprint density at radius 2 is 2.24 bits per heavy atom. The first-order chi connectivity index (χ1) is 10.1. The Morgan fingerprint density at radius 1 is 1.48 bits per heavy atom. The molecule has 1 fully saturated rings. The lowest BCUT2D eigenvalue weighted by Gasteiger charge is -2.20. The highest BCUT2D eigenvalue weighted by Gasteiger charge is 2.24. The summed E-state index contributed by atoms with van der Waals surface area (Å²) in [7, 11) is 0. The van der Waals surface area contributed by atoms with Crippen molar-refractivity contribution in [3.8, 4) is 5.75 Å². The summed E-state index contributed by atoms with van der Waals surface area (Å²) in [5.74, 6) is -0.496. The van der Waals surface area contributed by atoms with Gasteiger partial charge in [0.1, 0.15) is 5.75 Å². The third kappa shape index (κ3) is 4.19. The van der Waals surface area contributed by atoms with Gasteiger partial charge in [0.2, 0.25) is 0 Å². The third-order valence-corrected chi connectivity index (χ3v) is 3.38. The van der Waals surface area contributed by atoms with E-state index in [9.17, 15) is 9.59 Å². The predicted octanol–water partition coefficient (Wildman–Crippen LogP) is 0.848. The molecule has 1 aromatic rings. The molecular formula is C15H20N2O4. The number of benzene rings is 1. The van der Waals surface area contributed by atoms with Crippen molar-refractivity contribution in [3.63, 3.8) is 0 Å². The van der Waals surface area contributed by atoms with E-state index in [1.807, 2.05) is 6.92 Å². The van der Waals surface area contributed by atoms with Crippen LogP contribution in [0.25, 0.3) is 0 Å². The smallest absolute Gasteiger partial charge is 0.255 e. The largest absolute Gasteiger partial charge is 0.483 e. The molecule has 2 rings (SSSR count). The molecule has 0 bridgehead atoms. The molecule has 0 spiro atoms. The fourth-order valence-corrected chi connectivity index (χ4v) is 2.30. The second kappa shape index (κ2) is 7.08. The third-order valence-electron chi connectivity index (χ3n) is 3.38. The van der Waals surface area contributed by atoms with E-state index >= 15 is 0 Å². The summed E-state index contributed by atoms with van der Waals surface area (Å²) in [6.45, 7) is 2.40. The molecule has 2 amide bonds. The number of hydrogen-bond donors (Lipinski definition) is 2. The number of carbonyl (C=O) groups excluding carboxylic acids is 2. The van der Waals surface area contributed by atoms with Crippen molar-refractivity contribution in [2.24, 2.45) is 5.73 Å². The Hall–Kier alpha value is -2.08. The van der Waals surface area contributed by atoms with Gasteiger partial charge in [-0.05, 0) is 31.9 Å². The fourth-order valence-electron chi connectivity index (χ4n) is 2.30. The molecule has 3 N–H and O–H groups in total. The number of primary amides is 1. The second-order valence-corrected chi connectivity index (χ2v) is 5.06. The summed E-state index contributed by atoms with van der Waals surface area (Å²) in [5.41, 5.74) is 5.43. The summed E-state index contributed by atoms with van der Waals surface area (Å²) >= 11 is 0. The molecule has 1 heterocycles. The van der Waals surface area contributed by atoms with E-state index < -0.39 is 5.91 Å². The number of amides is 2. The lowest BCUT2D eigenvalue weighted by molar-refractivity contribution is -0.119. The molecule has 2 unspecified atom stereocenters. The van der Waals surface area contributed by atoms with E-state index in [1.165, 1.54) is 0 Å². The minimum absolute atomic E-state index is 0.0488. The van der Waals surface area contributed by atoms with Crippen LogP contribution in [0.2, 0.25) is 0 Å². The molecule has 2 atom stereocenters. The SMILES string of the molecule is CC(NC(=O)c1ccccc1OCC(N)=O)C1CCCO1. The zero-order valence-corrected chi connectivity index (χ0v) is 12.0. The minimum atomic E-state index is -0.585. The molecule has 0 saturated carbocycles. The van der Waals surface area contributed by atoms with Crippen LogP contribution < -0.4 is 15.8 Å². The van der Waals surface area contributed by atoms with Crippen LogP contribution in [0.15, 0.2) is 24.3 Å². The highest BCUT2D eigenvalue weighted by molar-refractivity contribution is 5.97. The van der Waals surface area contributed by atoms with E-state index in [4.69, 9.17) is 15.2 Å². The maximum absolute atomic E-state index is 12.3. The van der Waals surface area contributed by atoms with Gasteiger partial charge in [-0.3, -0.25) is 9.59 Å².